The number of fused-ring (bicyclic) bond motifs is 1. The van der Waals surface area contributed by atoms with Gasteiger partial charge in [-0.2, -0.15) is 0 Å². The van der Waals surface area contributed by atoms with E-state index in [-0.39, 0.29) is 11.7 Å². The third kappa shape index (κ3) is 4.09. The summed E-state index contributed by atoms with van der Waals surface area (Å²) in [5, 5.41) is 3.80. The normalized spacial score (nSPS) is 10.9. The summed E-state index contributed by atoms with van der Waals surface area (Å²) >= 11 is 2.97. The van der Waals surface area contributed by atoms with E-state index in [0.29, 0.717) is 11.8 Å². The number of aromatic nitrogens is 2. The van der Waals surface area contributed by atoms with Crippen LogP contribution in [-0.2, 0) is 16.1 Å². The maximum absolute atomic E-state index is 11.9. The second-order valence-corrected chi connectivity index (χ2v) is 6.99. The molecule has 0 aliphatic rings. The lowest BCUT2D eigenvalue weighted by Crippen LogP contribution is -2.08. The van der Waals surface area contributed by atoms with Crippen LogP contribution in [0.3, 0.4) is 0 Å². The Labute approximate surface area is 142 Å². The predicted octanol–water partition coefficient (Wildman–Crippen LogP) is 4.14. The molecule has 0 bridgehead atoms. The largest absolute Gasteiger partial charge is 0.460 e. The first kappa shape index (κ1) is 16.0. The van der Waals surface area contributed by atoms with Crippen LogP contribution in [0.25, 0.3) is 10.1 Å². The Hall–Kier alpha value is -1.92. The monoisotopic (exact) mass is 344 g/mol. The Morgan fingerprint density at radius 2 is 1.96 bits per heavy atom. The standard InChI is InChI=1S/C17H16N2O2S2/c1-11-7-12(2)19-17(18-11)23-10-16(20)21-8-13-9-22-15-6-4-3-5-14(13)15/h3-7,9H,8,10H2,1-2H3. The average Bonchev–Trinajstić information content (AvgIpc) is 2.93. The van der Waals surface area contributed by atoms with Crippen LogP contribution in [0.5, 0.6) is 0 Å². The molecular weight excluding hydrogens is 328 g/mol. The van der Waals surface area contributed by atoms with Crippen LogP contribution in [0.2, 0.25) is 0 Å². The van der Waals surface area contributed by atoms with E-state index < -0.39 is 0 Å². The summed E-state index contributed by atoms with van der Waals surface area (Å²) in [5.74, 6) is -0.0432. The molecular formula is C17H16N2O2S2. The van der Waals surface area contributed by atoms with Gasteiger partial charge >= 0.3 is 5.97 Å². The summed E-state index contributed by atoms with van der Waals surface area (Å²) in [6.07, 6.45) is 0. The maximum atomic E-state index is 11.9. The number of rotatable bonds is 5. The molecule has 0 fully saturated rings. The molecule has 0 radical (unpaired) electrons. The first-order valence-corrected chi connectivity index (χ1v) is 9.04. The highest BCUT2D eigenvalue weighted by molar-refractivity contribution is 7.99. The molecule has 0 aliphatic carbocycles. The van der Waals surface area contributed by atoms with E-state index in [1.165, 1.54) is 16.5 Å². The van der Waals surface area contributed by atoms with Crippen LogP contribution in [0, 0.1) is 13.8 Å². The van der Waals surface area contributed by atoms with E-state index in [1.807, 2.05) is 43.5 Å². The quantitative estimate of drug-likeness (QED) is 0.395. The first-order chi connectivity index (χ1) is 11.1. The van der Waals surface area contributed by atoms with E-state index in [1.54, 1.807) is 11.3 Å². The van der Waals surface area contributed by atoms with Gasteiger partial charge in [0, 0.05) is 21.7 Å². The van der Waals surface area contributed by atoms with Crippen LogP contribution >= 0.6 is 23.1 Å². The molecule has 4 nitrogen and oxygen atoms in total. The molecule has 6 heteroatoms. The number of ether oxygens (including phenoxy) is 1. The van der Waals surface area contributed by atoms with Gasteiger partial charge in [-0.15, -0.1) is 11.3 Å². The molecule has 1 aromatic carbocycles. The van der Waals surface area contributed by atoms with Gasteiger partial charge in [0.15, 0.2) is 5.16 Å². The van der Waals surface area contributed by atoms with Crippen molar-refractivity contribution in [1.82, 2.24) is 9.97 Å². The zero-order valence-electron chi connectivity index (χ0n) is 12.9. The lowest BCUT2D eigenvalue weighted by atomic mass is 10.2. The summed E-state index contributed by atoms with van der Waals surface area (Å²) < 4.78 is 6.57. The number of aryl methyl sites for hydroxylation is 2. The SMILES string of the molecule is Cc1cc(C)nc(SCC(=O)OCc2csc3ccccc23)n1. The highest BCUT2D eigenvalue weighted by Crippen LogP contribution is 2.26. The lowest BCUT2D eigenvalue weighted by molar-refractivity contribution is -0.141. The molecule has 0 N–H and O–H groups in total. The number of carbonyl (C=O) groups is 1. The van der Waals surface area contributed by atoms with Crippen molar-refractivity contribution in [2.75, 3.05) is 5.75 Å². The van der Waals surface area contributed by atoms with E-state index >= 15 is 0 Å². The summed E-state index contributed by atoms with van der Waals surface area (Å²) in [6, 6.07) is 10.0. The fourth-order valence-corrected chi connectivity index (χ4v) is 3.92. The van der Waals surface area contributed by atoms with Gasteiger partial charge in [-0.25, -0.2) is 9.97 Å². The second kappa shape index (κ2) is 7.10. The summed E-state index contributed by atoms with van der Waals surface area (Å²) in [4.78, 5) is 20.5. The molecule has 3 rings (SSSR count). The van der Waals surface area contributed by atoms with Crippen molar-refractivity contribution in [2.24, 2.45) is 0 Å². The van der Waals surface area contributed by atoms with Crippen molar-refractivity contribution >= 4 is 39.2 Å². The van der Waals surface area contributed by atoms with Gasteiger partial charge in [0.05, 0.1) is 5.75 Å². The minimum Gasteiger partial charge on any atom is -0.460 e. The molecule has 2 heterocycles. The Kier molecular flexibility index (Phi) is 4.93. The second-order valence-electron chi connectivity index (χ2n) is 5.14. The lowest BCUT2D eigenvalue weighted by Gasteiger charge is -2.05. The van der Waals surface area contributed by atoms with Gasteiger partial charge in [-0.05, 0) is 36.7 Å². The smallest absolute Gasteiger partial charge is 0.316 e. The van der Waals surface area contributed by atoms with E-state index in [9.17, 15) is 4.79 Å². The van der Waals surface area contributed by atoms with Crippen molar-refractivity contribution in [3.05, 3.63) is 52.7 Å². The van der Waals surface area contributed by atoms with Crippen LogP contribution in [0.4, 0.5) is 0 Å². The van der Waals surface area contributed by atoms with Crippen molar-refractivity contribution < 1.29 is 9.53 Å². The summed E-state index contributed by atoms with van der Waals surface area (Å²) in [6.45, 7) is 4.13. The fourth-order valence-electron chi connectivity index (χ4n) is 2.23. The Balaban J connectivity index is 1.55. The molecule has 0 aliphatic heterocycles. The molecule has 0 saturated carbocycles. The number of carbonyl (C=O) groups excluding carboxylic acids is 1. The minimum atomic E-state index is -0.256. The molecule has 0 atom stereocenters. The number of thiophene rings is 1. The van der Waals surface area contributed by atoms with Gasteiger partial charge in [-0.3, -0.25) is 4.79 Å². The zero-order valence-corrected chi connectivity index (χ0v) is 14.5. The molecule has 0 unspecified atom stereocenters. The van der Waals surface area contributed by atoms with Gasteiger partial charge < -0.3 is 4.74 Å². The summed E-state index contributed by atoms with van der Waals surface area (Å²) in [5.41, 5.74) is 2.85. The Morgan fingerprint density at radius 1 is 1.22 bits per heavy atom. The van der Waals surface area contributed by atoms with Crippen LogP contribution in [0.1, 0.15) is 17.0 Å². The minimum absolute atomic E-state index is 0.213. The third-order valence-corrected chi connectivity index (χ3v) is 5.06. The predicted molar refractivity (Wildman–Crippen MR) is 93.9 cm³/mol. The molecule has 0 saturated heterocycles. The van der Waals surface area contributed by atoms with Crippen LogP contribution < -0.4 is 0 Å². The van der Waals surface area contributed by atoms with Crippen molar-refractivity contribution in [3.63, 3.8) is 0 Å². The van der Waals surface area contributed by atoms with Crippen LogP contribution in [0.15, 0.2) is 40.9 Å². The molecule has 118 valence electrons. The molecule has 0 spiro atoms. The Bertz CT molecular complexity index is 825. The first-order valence-electron chi connectivity index (χ1n) is 7.17. The number of esters is 1. The van der Waals surface area contributed by atoms with E-state index in [2.05, 4.69) is 16.0 Å². The number of benzene rings is 1. The van der Waals surface area contributed by atoms with Crippen LogP contribution in [-0.4, -0.2) is 21.7 Å². The molecule has 0 amide bonds. The van der Waals surface area contributed by atoms with E-state index in [4.69, 9.17) is 4.74 Å². The van der Waals surface area contributed by atoms with Gasteiger partial charge in [0.2, 0.25) is 0 Å². The number of nitrogens with zero attached hydrogens (tertiary/aromatic N) is 2. The van der Waals surface area contributed by atoms with Crippen molar-refractivity contribution in [3.8, 4) is 0 Å². The highest BCUT2D eigenvalue weighted by atomic mass is 32.2. The maximum Gasteiger partial charge on any atom is 0.316 e. The topological polar surface area (TPSA) is 52.1 Å². The number of hydrogen-bond acceptors (Lipinski definition) is 6. The molecule has 23 heavy (non-hydrogen) atoms. The average molecular weight is 344 g/mol. The van der Waals surface area contributed by atoms with Gasteiger partial charge in [-0.1, -0.05) is 30.0 Å². The number of hydrogen-bond donors (Lipinski definition) is 0. The summed E-state index contributed by atoms with van der Waals surface area (Å²) in [7, 11) is 0. The molecule has 2 aromatic heterocycles. The van der Waals surface area contributed by atoms with Gasteiger partial charge in [0.1, 0.15) is 6.61 Å². The van der Waals surface area contributed by atoms with Gasteiger partial charge in [0.25, 0.3) is 0 Å². The van der Waals surface area contributed by atoms with Crippen molar-refractivity contribution in [1.29, 1.82) is 0 Å². The van der Waals surface area contributed by atoms with E-state index in [0.717, 1.165) is 22.3 Å². The highest BCUT2D eigenvalue weighted by Gasteiger charge is 2.09. The molecule has 3 aromatic rings. The van der Waals surface area contributed by atoms with Crippen molar-refractivity contribution in [2.45, 2.75) is 25.6 Å². The number of thioether (sulfide) groups is 1. The third-order valence-electron chi connectivity index (χ3n) is 3.23. The zero-order chi connectivity index (χ0) is 16.2. The Morgan fingerprint density at radius 3 is 2.74 bits per heavy atom. The fraction of sp³-hybridized carbons (Fsp3) is 0.235.